The van der Waals surface area contributed by atoms with Gasteiger partial charge in [0.1, 0.15) is 0 Å². The minimum atomic E-state index is -4.95. The van der Waals surface area contributed by atoms with Gasteiger partial charge in [0.15, 0.2) is 0 Å². The summed E-state index contributed by atoms with van der Waals surface area (Å²) in [5, 5.41) is 5.90. The van der Waals surface area contributed by atoms with Gasteiger partial charge in [0.05, 0.1) is 28.7 Å². The Labute approximate surface area is 199 Å². The molecule has 2 saturated heterocycles. The minimum absolute atomic E-state index is 0.0851. The quantitative estimate of drug-likeness (QED) is 0.507. The van der Waals surface area contributed by atoms with Gasteiger partial charge in [-0.3, -0.25) is 4.79 Å². The first-order chi connectivity index (χ1) is 16.4. The maximum Gasteiger partial charge on any atom is 0.416 e. The van der Waals surface area contributed by atoms with Crippen molar-refractivity contribution >= 4 is 5.91 Å². The summed E-state index contributed by atoms with van der Waals surface area (Å²) >= 11 is 0. The van der Waals surface area contributed by atoms with E-state index in [0.29, 0.717) is 57.2 Å². The normalized spacial score (nSPS) is 28.3. The zero-order valence-electron chi connectivity index (χ0n) is 19.5. The Morgan fingerprint density at radius 2 is 1.80 bits per heavy atom. The molecular weight excluding hydrogens is 478 g/mol. The van der Waals surface area contributed by atoms with Crippen molar-refractivity contribution < 1.29 is 40.6 Å². The van der Waals surface area contributed by atoms with E-state index in [1.165, 1.54) is 0 Å². The van der Waals surface area contributed by atoms with Crippen LogP contribution in [-0.4, -0.2) is 44.9 Å². The zero-order chi connectivity index (χ0) is 25.5. The van der Waals surface area contributed by atoms with Crippen LogP contribution in [0.1, 0.15) is 48.8 Å². The van der Waals surface area contributed by atoms with Gasteiger partial charge in [-0.25, -0.2) is 0 Å². The summed E-state index contributed by atoms with van der Waals surface area (Å²) in [5.74, 6) is -0.115. The summed E-state index contributed by atoms with van der Waals surface area (Å²) in [4.78, 5) is 13.7. The van der Waals surface area contributed by atoms with E-state index in [9.17, 15) is 31.1 Å². The number of carbonyl (C=O) groups is 1. The molecule has 2 heterocycles. The molecule has 2 aliphatic heterocycles. The lowest BCUT2D eigenvalue weighted by Crippen LogP contribution is -2.57. The molecule has 3 atom stereocenters. The number of ether oxygens (including phenoxy) is 2. The molecule has 35 heavy (non-hydrogen) atoms. The number of hydrogen-bond acceptors (Lipinski definition) is 4. The Hall–Kier alpha value is -1.85. The van der Waals surface area contributed by atoms with Crippen LogP contribution in [0.3, 0.4) is 0 Å². The summed E-state index contributed by atoms with van der Waals surface area (Å²) < 4.78 is 91.1. The molecule has 3 fully saturated rings. The molecule has 0 aromatic heterocycles. The van der Waals surface area contributed by atoms with Crippen molar-refractivity contribution in [1.82, 2.24) is 10.6 Å². The van der Waals surface area contributed by atoms with Crippen LogP contribution in [0.15, 0.2) is 18.2 Å². The molecule has 0 bridgehead atoms. The first kappa shape index (κ1) is 26.2. The third-order valence-electron chi connectivity index (χ3n) is 7.73. The number of alkyl halides is 6. The number of amides is 1. The molecule has 196 valence electrons. The van der Waals surface area contributed by atoms with Gasteiger partial charge in [0.2, 0.25) is 5.91 Å². The Morgan fingerprint density at radius 1 is 1.14 bits per heavy atom. The van der Waals surface area contributed by atoms with Gasteiger partial charge >= 0.3 is 12.4 Å². The van der Waals surface area contributed by atoms with Crippen LogP contribution < -0.4 is 10.6 Å². The van der Waals surface area contributed by atoms with E-state index in [4.69, 9.17) is 9.47 Å². The van der Waals surface area contributed by atoms with E-state index in [1.807, 2.05) is 0 Å². The molecule has 1 aromatic carbocycles. The maximum atomic E-state index is 13.7. The van der Waals surface area contributed by atoms with Crippen LogP contribution in [0.5, 0.6) is 0 Å². The zero-order valence-corrected chi connectivity index (χ0v) is 19.5. The van der Waals surface area contributed by atoms with E-state index in [1.54, 1.807) is 7.11 Å². The lowest BCUT2D eigenvalue weighted by Gasteiger charge is -2.45. The van der Waals surface area contributed by atoms with Gasteiger partial charge in [-0.15, -0.1) is 0 Å². The average Bonchev–Trinajstić information content (AvgIpc) is 3.28. The number of nitrogens with one attached hydrogen (secondary N) is 2. The summed E-state index contributed by atoms with van der Waals surface area (Å²) in [6.45, 7) is 1.35. The van der Waals surface area contributed by atoms with Crippen molar-refractivity contribution in [2.24, 2.45) is 17.3 Å². The summed E-state index contributed by atoms with van der Waals surface area (Å²) in [5.41, 5.74) is -4.62. The van der Waals surface area contributed by atoms with Crippen molar-refractivity contribution in [3.05, 3.63) is 34.9 Å². The second kappa shape index (κ2) is 9.55. The Morgan fingerprint density at radius 3 is 2.26 bits per heavy atom. The Balaban J connectivity index is 1.61. The highest BCUT2D eigenvalue weighted by atomic mass is 19.4. The molecule has 0 radical (unpaired) electrons. The number of rotatable bonds is 8. The van der Waals surface area contributed by atoms with Crippen molar-refractivity contribution in [2.75, 3.05) is 33.4 Å². The first-order valence-electron chi connectivity index (χ1n) is 11.8. The van der Waals surface area contributed by atoms with Crippen LogP contribution in [0.25, 0.3) is 0 Å². The van der Waals surface area contributed by atoms with E-state index in [-0.39, 0.29) is 23.5 Å². The van der Waals surface area contributed by atoms with Crippen LogP contribution in [0.2, 0.25) is 0 Å². The molecule has 11 heteroatoms. The van der Waals surface area contributed by atoms with Crippen LogP contribution in [-0.2, 0) is 33.2 Å². The molecule has 0 spiro atoms. The van der Waals surface area contributed by atoms with E-state index < -0.39 is 41.0 Å². The molecule has 2 N–H and O–H groups in total. The third-order valence-corrected chi connectivity index (χ3v) is 7.73. The topological polar surface area (TPSA) is 59.6 Å². The molecule has 3 aliphatic rings. The fourth-order valence-corrected chi connectivity index (χ4v) is 5.61. The highest BCUT2D eigenvalue weighted by molar-refractivity contribution is 5.84. The predicted molar refractivity (Wildman–Crippen MR) is 114 cm³/mol. The Kier molecular flexibility index (Phi) is 7.16. The van der Waals surface area contributed by atoms with E-state index in [2.05, 4.69) is 10.6 Å². The van der Waals surface area contributed by atoms with Crippen LogP contribution in [0, 0.1) is 17.3 Å². The van der Waals surface area contributed by atoms with Gasteiger partial charge in [-0.1, -0.05) is 12.8 Å². The standard InChI is InChI=1S/C24H30F6N2O3/c1-34-22(5-7-35-14-22)19(10-15-2-3-15)21(4-6-31-13-21)20(33)32-12-16-8-17(23(25,26)27)11-18(9-16)24(28,29)30/h8-9,11,15,19,31H,2-7,10,12-14H2,1H3,(H,32,33). The third kappa shape index (κ3) is 5.46. The molecule has 4 rings (SSSR count). The number of halogens is 6. The predicted octanol–water partition coefficient (Wildman–Crippen LogP) is 4.54. The molecule has 1 aromatic rings. The smallest absolute Gasteiger partial charge is 0.378 e. The van der Waals surface area contributed by atoms with Gasteiger partial charge in [-0.05, 0) is 49.1 Å². The molecule has 3 unspecified atom stereocenters. The second-order valence-electron chi connectivity index (χ2n) is 9.98. The van der Waals surface area contributed by atoms with E-state index >= 15 is 0 Å². The van der Waals surface area contributed by atoms with Crippen molar-refractivity contribution in [1.29, 1.82) is 0 Å². The van der Waals surface area contributed by atoms with Crippen LogP contribution >= 0.6 is 0 Å². The number of benzene rings is 1. The monoisotopic (exact) mass is 508 g/mol. The summed E-state index contributed by atoms with van der Waals surface area (Å²) in [6.07, 6.45) is -5.89. The largest absolute Gasteiger partial charge is 0.416 e. The van der Waals surface area contributed by atoms with Crippen molar-refractivity contribution in [2.45, 2.75) is 56.6 Å². The molecule has 1 aliphatic carbocycles. The van der Waals surface area contributed by atoms with Gasteiger partial charge in [0.25, 0.3) is 0 Å². The number of hydrogen-bond donors (Lipinski definition) is 2. The second-order valence-corrected chi connectivity index (χ2v) is 9.98. The van der Waals surface area contributed by atoms with Gasteiger partial charge in [-0.2, -0.15) is 26.3 Å². The lowest BCUT2D eigenvalue weighted by molar-refractivity contribution is -0.149. The highest BCUT2D eigenvalue weighted by Crippen LogP contribution is 2.52. The maximum absolute atomic E-state index is 13.7. The van der Waals surface area contributed by atoms with E-state index in [0.717, 1.165) is 19.3 Å². The van der Waals surface area contributed by atoms with Gasteiger partial charge < -0.3 is 20.1 Å². The fourth-order valence-electron chi connectivity index (χ4n) is 5.61. The molecule has 1 saturated carbocycles. The Bertz CT molecular complexity index is 885. The van der Waals surface area contributed by atoms with Crippen molar-refractivity contribution in [3.63, 3.8) is 0 Å². The highest BCUT2D eigenvalue weighted by Gasteiger charge is 2.58. The fraction of sp³-hybridized carbons (Fsp3) is 0.708. The average molecular weight is 509 g/mol. The SMILES string of the molecule is COC1(C(CC2CC2)C2(C(=O)NCc3cc(C(F)(F)F)cc(C(F)(F)F)c3)CCNC2)CCOC1. The van der Waals surface area contributed by atoms with Gasteiger partial charge in [0, 0.05) is 39.1 Å². The van der Waals surface area contributed by atoms with Crippen molar-refractivity contribution in [3.8, 4) is 0 Å². The van der Waals surface area contributed by atoms with Crippen LogP contribution in [0.4, 0.5) is 26.3 Å². The minimum Gasteiger partial charge on any atom is -0.378 e. The first-order valence-corrected chi connectivity index (χ1v) is 11.8. The molecule has 1 amide bonds. The molecule has 5 nitrogen and oxygen atoms in total. The lowest BCUT2D eigenvalue weighted by atomic mass is 9.63. The number of methoxy groups -OCH3 is 1. The summed E-state index contributed by atoms with van der Waals surface area (Å²) in [7, 11) is 1.60. The molecular formula is C24H30F6N2O3. The number of carbonyl (C=O) groups excluding carboxylic acids is 1. The summed E-state index contributed by atoms with van der Waals surface area (Å²) in [6, 6.07) is 1.39.